The van der Waals surface area contributed by atoms with Gasteiger partial charge in [0, 0.05) is 6.54 Å². The zero-order valence-electron chi connectivity index (χ0n) is 10.3. The van der Waals surface area contributed by atoms with Crippen molar-refractivity contribution in [3.05, 3.63) is 23.8 Å². The molecular formula is C14H19NO2. The zero-order chi connectivity index (χ0) is 11.7. The molecular weight excluding hydrogens is 214 g/mol. The number of hydrogen-bond acceptors (Lipinski definition) is 3. The highest BCUT2D eigenvalue weighted by atomic mass is 16.6. The van der Waals surface area contributed by atoms with Gasteiger partial charge in [0.25, 0.3) is 0 Å². The number of benzene rings is 1. The molecule has 3 rings (SSSR count). The van der Waals surface area contributed by atoms with Crippen LogP contribution >= 0.6 is 0 Å². The van der Waals surface area contributed by atoms with Gasteiger partial charge >= 0.3 is 0 Å². The number of nitrogens with one attached hydrogen (secondary N) is 1. The van der Waals surface area contributed by atoms with Crippen LogP contribution in [0.1, 0.15) is 18.4 Å². The average molecular weight is 233 g/mol. The molecule has 17 heavy (non-hydrogen) atoms. The Morgan fingerprint density at radius 2 is 1.94 bits per heavy atom. The molecule has 0 radical (unpaired) electrons. The Balaban J connectivity index is 1.75. The molecule has 1 N–H and O–H groups in total. The zero-order valence-corrected chi connectivity index (χ0v) is 10.3. The molecule has 1 aliphatic carbocycles. The van der Waals surface area contributed by atoms with Crippen LogP contribution in [0.4, 0.5) is 0 Å². The average Bonchev–Trinajstić information content (AvgIpc) is 3.09. The van der Waals surface area contributed by atoms with Crippen LogP contribution in [0, 0.1) is 5.41 Å². The Morgan fingerprint density at radius 3 is 2.65 bits per heavy atom. The minimum Gasteiger partial charge on any atom is -0.486 e. The van der Waals surface area contributed by atoms with Gasteiger partial charge in [-0.05, 0) is 49.4 Å². The number of rotatable bonds is 4. The van der Waals surface area contributed by atoms with Crippen molar-refractivity contribution in [3.63, 3.8) is 0 Å². The van der Waals surface area contributed by atoms with Gasteiger partial charge in [0.15, 0.2) is 11.5 Å². The van der Waals surface area contributed by atoms with E-state index >= 15 is 0 Å². The van der Waals surface area contributed by atoms with Gasteiger partial charge in [0.2, 0.25) is 0 Å². The molecule has 0 saturated heterocycles. The van der Waals surface area contributed by atoms with E-state index in [-0.39, 0.29) is 0 Å². The summed E-state index contributed by atoms with van der Waals surface area (Å²) in [5.74, 6) is 1.80. The van der Waals surface area contributed by atoms with Crippen molar-refractivity contribution < 1.29 is 9.47 Å². The first-order valence-corrected chi connectivity index (χ1v) is 6.34. The summed E-state index contributed by atoms with van der Waals surface area (Å²) in [6, 6.07) is 6.35. The van der Waals surface area contributed by atoms with E-state index in [4.69, 9.17) is 9.47 Å². The molecule has 1 aromatic rings. The summed E-state index contributed by atoms with van der Waals surface area (Å²) in [4.78, 5) is 0. The predicted molar refractivity (Wildman–Crippen MR) is 66.7 cm³/mol. The van der Waals surface area contributed by atoms with Gasteiger partial charge in [-0.15, -0.1) is 0 Å². The van der Waals surface area contributed by atoms with E-state index in [2.05, 4.69) is 17.4 Å². The summed E-state index contributed by atoms with van der Waals surface area (Å²) in [6.07, 6.45) is 3.81. The van der Waals surface area contributed by atoms with E-state index < -0.39 is 0 Å². The molecule has 1 saturated carbocycles. The molecule has 0 atom stereocenters. The standard InChI is InChI=1S/C14H19NO2/c1-15-10-14(4-5-14)9-11-2-3-12-13(8-11)17-7-6-16-12/h2-3,8,15H,4-7,9-10H2,1H3. The first-order valence-electron chi connectivity index (χ1n) is 6.34. The van der Waals surface area contributed by atoms with Gasteiger partial charge in [-0.2, -0.15) is 0 Å². The number of fused-ring (bicyclic) bond motifs is 1. The van der Waals surface area contributed by atoms with Gasteiger partial charge in [0.05, 0.1) is 0 Å². The van der Waals surface area contributed by atoms with Crippen LogP contribution in [0.3, 0.4) is 0 Å². The fourth-order valence-electron chi connectivity index (χ4n) is 2.60. The Labute approximate surface area is 102 Å². The van der Waals surface area contributed by atoms with Crippen LogP contribution in [0.5, 0.6) is 11.5 Å². The minimum atomic E-state index is 0.499. The minimum absolute atomic E-state index is 0.499. The molecule has 0 spiro atoms. The van der Waals surface area contributed by atoms with Gasteiger partial charge in [-0.1, -0.05) is 6.07 Å². The number of hydrogen-bond donors (Lipinski definition) is 1. The highest BCUT2D eigenvalue weighted by Crippen LogP contribution is 2.48. The smallest absolute Gasteiger partial charge is 0.161 e. The van der Waals surface area contributed by atoms with Gasteiger partial charge in [0.1, 0.15) is 13.2 Å². The molecule has 0 bridgehead atoms. The third kappa shape index (κ3) is 2.25. The topological polar surface area (TPSA) is 30.5 Å². The van der Waals surface area contributed by atoms with E-state index in [0.717, 1.165) is 24.5 Å². The quantitative estimate of drug-likeness (QED) is 0.863. The molecule has 0 unspecified atom stereocenters. The Kier molecular flexibility index (Phi) is 2.71. The first-order chi connectivity index (χ1) is 8.31. The maximum Gasteiger partial charge on any atom is 0.161 e. The highest BCUT2D eigenvalue weighted by molar-refractivity contribution is 5.44. The fraction of sp³-hybridized carbons (Fsp3) is 0.571. The molecule has 1 aliphatic heterocycles. The fourth-order valence-corrected chi connectivity index (χ4v) is 2.60. The van der Waals surface area contributed by atoms with Crippen molar-refractivity contribution in [2.45, 2.75) is 19.3 Å². The Bertz CT molecular complexity index is 413. The van der Waals surface area contributed by atoms with Crippen molar-refractivity contribution in [3.8, 4) is 11.5 Å². The van der Waals surface area contributed by atoms with E-state index in [0.29, 0.717) is 18.6 Å². The van der Waals surface area contributed by atoms with Crippen LogP contribution < -0.4 is 14.8 Å². The van der Waals surface area contributed by atoms with Gasteiger partial charge < -0.3 is 14.8 Å². The van der Waals surface area contributed by atoms with E-state index in [9.17, 15) is 0 Å². The second-order valence-electron chi connectivity index (χ2n) is 5.19. The van der Waals surface area contributed by atoms with Crippen molar-refractivity contribution in [1.82, 2.24) is 5.32 Å². The van der Waals surface area contributed by atoms with Crippen LogP contribution in [0.25, 0.3) is 0 Å². The van der Waals surface area contributed by atoms with Crippen LogP contribution in [0.15, 0.2) is 18.2 Å². The largest absolute Gasteiger partial charge is 0.486 e. The van der Waals surface area contributed by atoms with E-state index in [1.165, 1.54) is 18.4 Å². The highest BCUT2D eigenvalue weighted by Gasteiger charge is 2.41. The summed E-state index contributed by atoms with van der Waals surface area (Å²) < 4.78 is 11.2. The molecule has 3 heteroatoms. The van der Waals surface area contributed by atoms with Gasteiger partial charge in [-0.3, -0.25) is 0 Å². The SMILES string of the molecule is CNCC1(Cc2ccc3c(c2)OCCO3)CC1. The monoisotopic (exact) mass is 233 g/mol. The maximum atomic E-state index is 5.62. The van der Waals surface area contributed by atoms with Crippen molar-refractivity contribution >= 4 is 0 Å². The lowest BCUT2D eigenvalue weighted by Gasteiger charge is -2.20. The lowest BCUT2D eigenvalue weighted by atomic mass is 9.96. The lowest BCUT2D eigenvalue weighted by molar-refractivity contribution is 0.171. The second kappa shape index (κ2) is 4.22. The molecule has 0 amide bonds. The van der Waals surface area contributed by atoms with Gasteiger partial charge in [-0.25, -0.2) is 0 Å². The molecule has 1 fully saturated rings. The molecule has 1 aromatic carbocycles. The Hall–Kier alpha value is -1.22. The molecule has 92 valence electrons. The maximum absolute atomic E-state index is 5.62. The van der Waals surface area contributed by atoms with E-state index in [1.807, 2.05) is 13.1 Å². The van der Waals surface area contributed by atoms with Crippen LogP contribution in [-0.4, -0.2) is 26.8 Å². The Morgan fingerprint density at radius 1 is 1.18 bits per heavy atom. The molecule has 3 nitrogen and oxygen atoms in total. The third-order valence-electron chi connectivity index (χ3n) is 3.69. The molecule has 0 aromatic heterocycles. The van der Waals surface area contributed by atoms with Crippen molar-refractivity contribution in [1.29, 1.82) is 0 Å². The van der Waals surface area contributed by atoms with Crippen molar-refractivity contribution in [2.75, 3.05) is 26.8 Å². The van der Waals surface area contributed by atoms with Crippen LogP contribution in [0.2, 0.25) is 0 Å². The lowest BCUT2D eigenvalue weighted by Crippen LogP contribution is -2.22. The summed E-state index contributed by atoms with van der Waals surface area (Å²) >= 11 is 0. The van der Waals surface area contributed by atoms with Crippen molar-refractivity contribution in [2.24, 2.45) is 5.41 Å². The summed E-state index contributed by atoms with van der Waals surface area (Å²) in [7, 11) is 2.03. The summed E-state index contributed by atoms with van der Waals surface area (Å²) in [6.45, 7) is 2.44. The predicted octanol–water partition coefficient (Wildman–Crippen LogP) is 2.00. The van der Waals surface area contributed by atoms with E-state index in [1.54, 1.807) is 0 Å². The summed E-state index contributed by atoms with van der Waals surface area (Å²) in [5, 5.41) is 3.30. The second-order valence-corrected chi connectivity index (χ2v) is 5.19. The molecule has 1 heterocycles. The molecule has 2 aliphatic rings. The summed E-state index contributed by atoms with van der Waals surface area (Å²) in [5.41, 5.74) is 1.86. The first kappa shape index (κ1) is 10.9. The van der Waals surface area contributed by atoms with Crippen LogP contribution in [-0.2, 0) is 6.42 Å². The number of ether oxygens (including phenoxy) is 2. The third-order valence-corrected chi connectivity index (χ3v) is 3.69. The normalized spacial score (nSPS) is 20.1.